The van der Waals surface area contributed by atoms with Gasteiger partial charge in [0, 0.05) is 22.5 Å². The Morgan fingerprint density at radius 2 is 1.23 bits per heavy atom. The largest absolute Gasteiger partial charge is 0.378 e. The molecule has 0 aliphatic carbocycles. The zero-order valence-electron chi connectivity index (χ0n) is 17.1. The summed E-state index contributed by atoms with van der Waals surface area (Å²) < 4.78 is 14.6. The first kappa shape index (κ1) is 20.2. The first-order valence-corrected chi connectivity index (χ1v) is 12.1. The van der Waals surface area contributed by atoms with Gasteiger partial charge in [-0.3, -0.25) is 0 Å². The Morgan fingerprint density at radius 1 is 0.700 bits per heavy atom. The average Bonchev–Trinajstić information content (AvgIpc) is 2.80. The number of anilines is 1. The van der Waals surface area contributed by atoms with Gasteiger partial charge in [-0.05, 0) is 24.6 Å². The van der Waals surface area contributed by atoms with E-state index < -0.39 is 7.14 Å². The summed E-state index contributed by atoms with van der Waals surface area (Å²) in [6.07, 6.45) is 0.499. The normalized spacial score (nSPS) is 12.3. The Labute approximate surface area is 179 Å². The van der Waals surface area contributed by atoms with Crippen LogP contribution < -0.4 is 15.9 Å². The first-order valence-electron chi connectivity index (χ1n) is 10.2. The quantitative estimate of drug-likeness (QED) is 0.369. The summed E-state index contributed by atoms with van der Waals surface area (Å²) in [7, 11) is -2.86. The summed E-state index contributed by atoms with van der Waals surface area (Å²) in [4.78, 5) is 0. The Morgan fingerprint density at radius 3 is 1.77 bits per heavy atom. The first-order chi connectivity index (χ1) is 14.6. The molecule has 0 saturated carbocycles. The molecule has 0 amide bonds. The number of para-hydroxylation sites is 1. The van der Waals surface area contributed by atoms with Gasteiger partial charge in [-0.2, -0.15) is 0 Å². The molecular weight excluding hydrogens is 385 g/mol. The number of hydrogen-bond acceptors (Lipinski definition) is 2. The Balaban J connectivity index is 1.79. The molecule has 0 fully saturated rings. The van der Waals surface area contributed by atoms with Crippen LogP contribution in [0.2, 0.25) is 0 Å². The van der Waals surface area contributed by atoms with E-state index in [9.17, 15) is 4.57 Å². The van der Waals surface area contributed by atoms with E-state index in [0.29, 0.717) is 6.16 Å². The zero-order chi connectivity index (χ0) is 20.8. The van der Waals surface area contributed by atoms with Gasteiger partial charge in [0.15, 0.2) is 0 Å². The van der Waals surface area contributed by atoms with Crippen molar-refractivity contribution in [2.24, 2.45) is 0 Å². The van der Waals surface area contributed by atoms with E-state index in [0.717, 1.165) is 21.9 Å². The minimum atomic E-state index is -2.86. The van der Waals surface area contributed by atoms with Crippen LogP contribution >= 0.6 is 7.14 Å². The smallest absolute Gasteiger partial charge is 0.145 e. The van der Waals surface area contributed by atoms with Gasteiger partial charge in [-0.1, -0.05) is 109 Å². The summed E-state index contributed by atoms with van der Waals surface area (Å²) in [6.45, 7) is 2.09. The third-order valence-electron chi connectivity index (χ3n) is 5.35. The molecule has 4 aromatic rings. The predicted octanol–water partition coefficient (Wildman–Crippen LogP) is 6.16. The van der Waals surface area contributed by atoms with Crippen LogP contribution in [-0.4, -0.2) is 6.16 Å². The van der Waals surface area contributed by atoms with Gasteiger partial charge >= 0.3 is 0 Å². The third kappa shape index (κ3) is 4.56. The molecule has 30 heavy (non-hydrogen) atoms. The second kappa shape index (κ2) is 9.15. The van der Waals surface area contributed by atoms with Crippen LogP contribution in [0, 0.1) is 6.92 Å². The Kier molecular flexibility index (Phi) is 6.16. The lowest BCUT2D eigenvalue weighted by Crippen LogP contribution is -2.25. The molecule has 0 saturated heterocycles. The van der Waals surface area contributed by atoms with Gasteiger partial charge < -0.3 is 9.88 Å². The van der Waals surface area contributed by atoms with Crippen LogP contribution in [0.5, 0.6) is 0 Å². The van der Waals surface area contributed by atoms with Crippen LogP contribution in [0.25, 0.3) is 0 Å². The van der Waals surface area contributed by atoms with Crippen molar-refractivity contribution >= 4 is 23.4 Å². The maximum atomic E-state index is 14.6. The van der Waals surface area contributed by atoms with Crippen molar-refractivity contribution < 1.29 is 4.57 Å². The summed E-state index contributed by atoms with van der Waals surface area (Å²) in [5.74, 6) is 0. The second-order valence-electron chi connectivity index (χ2n) is 7.57. The SMILES string of the molecule is Cc1cccc(C(CP(=O)(c2ccccc2)c2ccccc2)Nc2ccccc2)c1. The monoisotopic (exact) mass is 411 g/mol. The minimum Gasteiger partial charge on any atom is -0.378 e. The van der Waals surface area contributed by atoms with Crippen LogP contribution in [0.3, 0.4) is 0 Å². The highest BCUT2D eigenvalue weighted by molar-refractivity contribution is 7.78. The fraction of sp³-hybridized carbons (Fsp3) is 0.111. The van der Waals surface area contributed by atoms with Crippen LogP contribution in [0.15, 0.2) is 115 Å². The van der Waals surface area contributed by atoms with Gasteiger partial charge in [0.1, 0.15) is 7.14 Å². The molecule has 1 N–H and O–H groups in total. The van der Waals surface area contributed by atoms with E-state index in [4.69, 9.17) is 0 Å². The van der Waals surface area contributed by atoms with Gasteiger partial charge in [-0.25, -0.2) is 0 Å². The van der Waals surface area contributed by atoms with E-state index >= 15 is 0 Å². The van der Waals surface area contributed by atoms with Crippen molar-refractivity contribution in [3.63, 3.8) is 0 Å². The lowest BCUT2D eigenvalue weighted by molar-refractivity contribution is 0.584. The summed E-state index contributed by atoms with van der Waals surface area (Å²) >= 11 is 0. The molecule has 0 radical (unpaired) electrons. The number of aryl methyl sites for hydroxylation is 1. The van der Waals surface area contributed by atoms with Crippen molar-refractivity contribution in [3.8, 4) is 0 Å². The molecule has 0 bridgehead atoms. The molecule has 0 heterocycles. The highest BCUT2D eigenvalue weighted by atomic mass is 31.2. The van der Waals surface area contributed by atoms with Crippen molar-refractivity contribution in [2.45, 2.75) is 13.0 Å². The molecule has 1 atom stereocenters. The number of rotatable bonds is 7. The molecule has 2 nitrogen and oxygen atoms in total. The number of hydrogen-bond donors (Lipinski definition) is 1. The van der Waals surface area contributed by atoms with Crippen molar-refractivity contribution in [1.82, 2.24) is 0 Å². The highest BCUT2D eigenvalue weighted by Gasteiger charge is 2.31. The van der Waals surface area contributed by atoms with Gasteiger partial charge in [0.05, 0.1) is 6.04 Å². The van der Waals surface area contributed by atoms with E-state index in [1.54, 1.807) is 0 Å². The Hall–Kier alpha value is -3.09. The Bertz CT molecular complexity index is 1080. The topological polar surface area (TPSA) is 29.1 Å². The van der Waals surface area contributed by atoms with Crippen molar-refractivity contribution in [1.29, 1.82) is 0 Å². The minimum absolute atomic E-state index is 0.0847. The van der Waals surface area contributed by atoms with Crippen molar-refractivity contribution in [3.05, 3.63) is 126 Å². The molecule has 150 valence electrons. The fourth-order valence-electron chi connectivity index (χ4n) is 3.81. The van der Waals surface area contributed by atoms with E-state index in [-0.39, 0.29) is 6.04 Å². The predicted molar refractivity (Wildman–Crippen MR) is 129 cm³/mol. The van der Waals surface area contributed by atoms with E-state index in [1.807, 2.05) is 78.9 Å². The molecular formula is C27H26NOP. The summed E-state index contributed by atoms with van der Waals surface area (Å²) in [5, 5.41) is 5.43. The van der Waals surface area contributed by atoms with Crippen LogP contribution in [0.1, 0.15) is 17.2 Å². The van der Waals surface area contributed by atoms with E-state index in [1.165, 1.54) is 5.56 Å². The molecule has 0 spiro atoms. The van der Waals surface area contributed by atoms with Crippen molar-refractivity contribution in [2.75, 3.05) is 11.5 Å². The number of nitrogens with one attached hydrogen (secondary N) is 1. The maximum Gasteiger partial charge on any atom is 0.145 e. The standard InChI is InChI=1S/C27H26NOP/c1-22-12-11-13-23(20-22)27(28-24-14-5-2-6-15-24)21-30(29,25-16-7-3-8-17-25)26-18-9-4-10-19-26/h2-20,27-28H,21H2,1H3. The maximum absolute atomic E-state index is 14.6. The van der Waals surface area contributed by atoms with Gasteiger partial charge in [0.2, 0.25) is 0 Å². The van der Waals surface area contributed by atoms with Gasteiger partial charge in [0.25, 0.3) is 0 Å². The number of benzene rings is 4. The van der Waals surface area contributed by atoms with Crippen LogP contribution in [0.4, 0.5) is 5.69 Å². The summed E-state index contributed by atoms with van der Waals surface area (Å²) in [5.41, 5.74) is 3.37. The molecule has 4 rings (SSSR count). The molecule has 0 aliphatic rings. The molecule has 4 aromatic carbocycles. The second-order valence-corrected chi connectivity index (χ2v) is 10.4. The highest BCUT2D eigenvalue weighted by Crippen LogP contribution is 2.47. The molecule has 1 unspecified atom stereocenters. The lowest BCUT2D eigenvalue weighted by Gasteiger charge is -2.27. The molecule has 3 heteroatoms. The third-order valence-corrected chi connectivity index (χ3v) is 8.49. The molecule has 0 aromatic heterocycles. The van der Waals surface area contributed by atoms with Crippen LogP contribution in [-0.2, 0) is 4.57 Å². The fourth-order valence-corrected chi connectivity index (χ4v) is 6.65. The molecule has 0 aliphatic heterocycles. The zero-order valence-corrected chi connectivity index (χ0v) is 18.0. The van der Waals surface area contributed by atoms with Gasteiger partial charge in [-0.15, -0.1) is 0 Å². The van der Waals surface area contributed by atoms with E-state index in [2.05, 4.69) is 48.6 Å². The summed E-state index contributed by atoms with van der Waals surface area (Å²) in [6, 6.07) is 38.3. The lowest BCUT2D eigenvalue weighted by atomic mass is 10.1. The average molecular weight is 411 g/mol.